The molecule has 0 radical (unpaired) electrons. The van der Waals surface area contributed by atoms with E-state index >= 15 is 0 Å². The molecule has 1 N–H and O–H groups in total. The van der Waals surface area contributed by atoms with E-state index in [1.807, 2.05) is 31.2 Å². The Kier molecular flexibility index (Phi) is 3.85. The zero-order valence-corrected chi connectivity index (χ0v) is 10.9. The molecular formula is C14H16N2O3. The first-order valence-corrected chi connectivity index (χ1v) is 6.01. The number of ether oxygens (including phenoxy) is 1. The highest BCUT2D eigenvalue weighted by Crippen LogP contribution is 2.18. The Hall–Kier alpha value is -2.30. The summed E-state index contributed by atoms with van der Waals surface area (Å²) in [7, 11) is 1.33. The number of nitrogens with one attached hydrogen (secondary N) is 1. The maximum Gasteiger partial charge on any atom is 0.326 e. The number of anilines is 1. The van der Waals surface area contributed by atoms with E-state index in [9.17, 15) is 9.59 Å². The number of rotatable bonds is 3. The summed E-state index contributed by atoms with van der Waals surface area (Å²) in [6.45, 7) is 1.99. The Morgan fingerprint density at radius 2 is 2.05 bits per heavy atom. The molecule has 0 saturated carbocycles. The van der Waals surface area contributed by atoms with Crippen molar-refractivity contribution in [2.24, 2.45) is 0 Å². The van der Waals surface area contributed by atoms with Crippen LogP contribution in [0.15, 0.2) is 36.5 Å². The predicted octanol–water partition coefficient (Wildman–Crippen LogP) is 1.97. The second-order valence-corrected chi connectivity index (χ2v) is 4.38. The van der Waals surface area contributed by atoms with Gasteiger partial charge in [0.15, 0.2) is 0 Å². The number of carbonyl (C=O) groups excluding carboxylic acids is 2. The van der Waals surface area contributed by atoms with Crippen molar-refractivity contribution in [2.75, 3.05) is 12.0 Å². The quantitative estimate of drug-likeness (QED) is 0.845. The predicted molar refractivity (Wildman–Crippen MR) is 71.8 cm³/mol. The highest BCUT2D eigenvalue weighted by Gasteiger charge is 2.23. The van der Waals surface area contributed by atoms with Crippen molar-refractivity contribution in [3.05, 3.63) is 42.1 Å². The fourth-order valence-electron chi connectivity index (χ4n) is 1.82. The topological polar surface area (TPSA) is 58.6 Å². The van der Waals surface area contributed by atoms with E-state index in [-0.39, 0.29) is 24.5 Å². The average molecular weight is 260 g/mol. The SMILES string of the molecule is COC(=O)CC1C=CN(c2ccc(C)cc2)C(=O)N1. The lowest BCUT2D eigenvalue weighted by atomic mass is 10.1. The summed E-state index contributed by atoms with van der Waals surface area (Å²) in [5.74, 6) is -0.348. The Labute approximate surface area is 111 Å². The van der Waals surface area contributed by atoms with Crippen molar-refractivity contribution in [3.8, 4) is 0 Å². The molecule has 0 aliphatic carbocycles. The van der Waals surface area contributed by atoms with Crippen molar-refractivity contribution in [1.29, 1.82) is 0 Å². The monoisotopic (exact) mass is 260 g/mol. The van der Waals surface area contributed by atoms with E-state index in [2.05, 4.69) is 10.1 Å². The molecule has 1 aromatic carbocycles. The van der Waals surface area contributed by atoms with Gasteiger partial charge in [-0.1, -0.05) is 17.7 Å². The van der Waals surface area contributed by atoms with E-state index in [1.165, 1.54) is 12.0 Å². The minimum atomic E-state index is -0.348. The van der Waals surface area contributed by atoms with Gasteiger partial charge in [0.25, 0.3) is 0 Å². The number of amides is 2. The first kappa shape index (κ1) is 13.1. The first-order valence-electron chi connectivity index (χ1n) is 6.01. The molecule has 100 valence electrons. The Morgan fingerprint density at radius 1 is 1.37 bits per heavy atom. The summed E-state index contributed by atoms with van der Waals surface area (Å²) in [4.78, 5) is 24.6. The second-order valence-electron chi connectivity index (χ2n) is 4.38. The van der Waals surface area contributed by atoms with Crippen LogP contribution in [0.5, 0.6) is 0 Å². The van der Waals surface area contributed by atoms with E-state index in [1.54, 1.807) is 12.3 Å². The summed E-state index contributed by atoms with van der Waals surface area (Å²) in [6, 6.07) is 7.07. The normalized spacial score (nSPS) is 18.1. The van der Waals surface area contributed by atoms with Crippen LogP contribution in [0.25, 0.3) is 0 Å². The third-order valence-corrected chi connectivity index (χ3v) is 2.92. The van der Waals surface area contributed by atoms with Crippen LogP contribution in [-0.4, -0.2) is 25.2 Å². The minimum absolute atomic E-state index is 0.139. The lowest BCUT2D eigenvalue weighted by Crippen LogP contribution is -2.46. The first-order chi connectivity index (χ1) is 9.10. The van der Waals surface area contributed by atoms with Crippen molar-refractivity contribution >= 4 is 17.7 Å². The summed E-state index contributed by atoms with van der Waals surface area (Å²) < 4.78 is 4.58. The van der Waals surface area contributed by atoms with Crippen LogP contribution in [-0.2, 0) is 9.53 Å². The Bertz CT molecular complexity index is 508. The number of urea groups is 1. The van der Waals surface area contributed by atoms with Gasteiger partial charge in [-0.25, -0.2) is 4.79 Å². The molecule has 1 heterocycles. The number of hydrogen-bond acceptors (Lipinski definition) is 3. The van der Waals surface area contributed by atoms with E-state index < -0.39 is 0 Å². The molecule has 0 bridgehead atoms. The van der Waals surface area contributed by atoms with Gasteiger partial charge in [0.1, 0.15) is 0 Å². The summed E-state index contributed by atoms with van der Waals surface area (Å²) in [6.07, 6.45) is 3.59. The zero-order valence-electron chi connectivity index (χ0n) is 10.9. The van der Waals surface area contributed by atoms with Gasteiger partial charge in [-0.15, -0.1) is 0 Å². The molecule has 1 atom stereocenters. The smallest absolute Gasteiger partial charge is 0.326 e. The van der Waals surface area contributed by atoms with E-state index in [0.717, 1.165) is 11.3 Å². The molecule has 2 amide bonds. The molecule has 5 heteroatoms. The number of aryl methyl sites for hydroxylation is 1. The van der Waals surface area contributed by atoms with Crippen molar-refractivity contribution in [3.63, 3.8) is 0 Å². The van der Waals surface area contributed by atoms with Gasteiger partial charge in [-0.05, 0) is 25.1 Å². The lowest BCUT2D eigenvalue weighted by molar-refractivity contribution is -0.140. The van der Waals surface area contributed by atoms with Gasteiger partial charge in [-0.3, -0.25) is 9.69 Å². The minimum Gasteiger partial charge on any atom is -0.469 e. The summed E-state index contributed by atoms with van der Waals surface area (Å²) in [5.41, 5.74) is 1.92. The number of hydrogen-bond donors (Lipinski definition) is 1. The molecule has 1 unspecified atom stereocenters. The van der Waals surface area contributed by atoms with E-state index in [0.29, 0.717) is 0 Å². The van der Waals surface area contributed by atoms with Crippen LogP contribution in [0.4, 0.5) is 10.5 Å². The number of carbonyl (C=O) groups is 2. The number of nitrogens with zero attached hydrogens (tertiary/aromatic N) is 1. The van der Waals surface area contributed by atoms with Gasteiger partial charge in [0.05, 0.1) is 25.3 Å². The van der Waals surface area contributed by atoms with Crippen LogP contribution in [0.1, 0.15) is 12.0 Å². The maximum atomic E-state index is 12.0. The standard InChI is InChI=1S/C14H16N2O3/c1-10-3-5-12(6-4-10)16-8-7-11(15-14(16)18)9-13(17)19-2/h3-8,11H,9H2,1-2H3,(H,15,18). The summed E-state index contributed by atoms with van der Waals surface area (Å²) in [5, 5.41) is 2.74. The van der Waals surface area contributed by atoms with Crippen LogP contribution in [0.3, 0.4) is 0 Å². The summed E-state index contributed by atoms with van der Waals surface area (Å²) >= 11 is 0. The molecule has 0 spiro atoms. The second kappa shape index (κ2) is 5.56. The molecule has 0 fully saturated rings. The fourth-order valence-corrected chi connectivity index (χ4v) is 1.82. The molecule has 0 aromatic heterocycles. The van der Waals surface area contributed by atoms with E-state index in [4.69, 9.17) is 0 Å². The van der Waals surface area contributed by atoms with Gasteiger partial charge in [-0.2, -0.15) is 0 Å². The Morgan fingerprint density at radius 3 is 2.63 bits per heavy atom. The highest BCUT2D eigenvalue weighted by molar-refractivity contribution is 5.95. The number of esters is 1. The maximum absolute atomic E-state index is 12.0. The zero-order chi connectivity index (χ0) is 13.8. The lowest BCUT2D eigenvalue weighted by Gasteiger charge is -2.27. The van der Waals surface area contributed by atoms with Crippen molar-refractivity contribution in [2.45, 2.75) is 19.4 Å². The number of methoxy groups -OCH3 is 1. The molecule has 1 aromatic rings. The molecule has 19 heavy (non-hydrogen) atoms. The van der Waals surface area contributed by atoms with Crippen molar-refractivity contribution < 1.29 is 14.3 Å². The molecule has 5 nitrogen and oxygen atoms in total. The Balaban J connectivity index is 2.09. The number of benzene rings is 1. The largest absolute Gasteiger partial charge is 0.469 e. The van der Waals surface area contributed by atoms with Crippen LogP contribution in [0.2, 0.25) is 0 Å². The van der Waals surface area contributed by atoms with Crippen LogP contribution >= 0.6 is 0 Å². The third-order valence-electron chi connectivity index (χ3n) is 2.92. The molecule has 0 saturated heterocycles. The van der Waals surface area contributed by atoms with Crippen LogP contribution in [0, 0.1) is 6.92 Å². The van der Waals surface area contributed by atoms with Crippen molar-refractivity contribution in [1.82, 2.24) is 5.32 Å². The molecule has 2 rings (SSSR count). The van der Waals surface area contributed by atoms with Gasteiger partial charge < -0.3 is 10.1 Å². The van der Waals surface area contributed by atoms with Crippen LogP contribution < -0.4 is 10.2 Å². The van der Waals surface area contributed by atoms with Gasteiger partial charge >= 0.3 is 12.0 Å². The molecule has 1 aliphatic heterocycles. The van der Waals surface area contributed by atoms with Gasteiger partial charge in [0, 0.05) is 6.20 Å². The fraction of sp³-hybridized carbons (Fsp3) is 0.286. The van der Waals surface area contributed by atoms with Gasteiger partial charge in [0.2, 0.25) is 0 Å². The molecular weight excluding hydrogens is 244 g/mol. The average Bonchev–Trinajstić information content (AvgIpc) is 2.40. The highest BCUT2D eigenvalue weighted by atomic mass is 16.5. The third kappa shape index (κ3) is 3.13. The molecule has 1 aliphatic rings.